The monoisotopic (exact) mass is 507 g/mol. The average molecular weight is 508 g/mol. The number of aryl methyl sites for hydroxylation is 1. The van der Waals surface area contributed by atoms with Crippen LogP contribution in [0, 0.1) is 6.92 Å². The van der Waals surface area contributed by atoms with Gasteiger partial charge >= 0.3 is 12.1 Å². The minimum Gasteiger partial charge on any atom is -0.464 e. The zero-order chi connectivity index (χ0) is 25.3. The number of hydrogen-bond donors (Lipinski definition) is 1. The Hall–Kier alpha value is -2.51. The van der Waals surface area contributed by atoms with Gasteiger partial charge in [0, 0.05) is 24.2 Å². The van der Waals surface area contributed by atoms with Gasteiger partial charge in [-0.05, 0) is 65.2 Å². The van der Waals surface area contributed by atoms with E-state index < -0.39 is 23.2 Å². The lowest BCUT2D eigenvalue weighted by Crippen LogP contribution is -2.54. The Bertz CT molecular complexity index is 1090. The first-order valence-corrected chi connectivity index (χ1v) is 11.9. The molecule has 1 aromatic carbocycles. The summed E-state index contributed by atoms with van der Waals surface area (Å²) < 4.78 is 10.4. The molecule has 1 aliphatic heterocycles. The van der Waals surface area contributed by atoms with Gasteiger partial charge in [-0.3, -0.25) is 0 Å². The lowest BCUT2D eigenvalue weighted by atomic mass is 9.89. The molecule has 0 atom stereocenters. The third-order valence-electron chi connectivity index (χ3n) is 5.79. The summed E-state index contributed by atoms with van der Waals surface area (Å²) in [5, 5.41) is 3.80. The van der Waals surface area contributed by atoms with Crippen molar-refractivity contribution in [1.82, 2.24) is 10.3 Å². The lowest BCUT2D eigenvalue weighted by molar-refractivity contribution is 0.0448. The van der Waals surface area contributed by atoms with Crippen molar-refractivity contribution in [3.05, 3.63) is 45.6 Å². The SMILES string of the molecule is COC(=O)c1nc(-c2cccc(Cl)c2Cl)c(C)cc1N1CCC(C)(NC(=O)OC(C)(C)C)CC1. The number of aromatic nitrogens is 1. The lowest BCUT2D eigenvalue weighted by Gasteiger charge is -2.41. The molecule has 1 fully saturated rings. The van der Waals surface area contributed by atoms with Crippen molar-refractivity contribution in [2.45, 2.75) is 58.6 Å². The van der Waals surface area contributed by atoms with Crippen molar-refractivity contribution >= 4 is 41.0 Å². The van der Waals surface area contributed by atoms with Gasteiger partial charge in [-0.1, -0.05) is 35.3 Å². The number of piperidine rings is 1. The third kappa shape index (κ3) is 5.94. The Balaban J connectivity index is 1.88. The number of carbonyl (C=O) groups is 2. The van der Waals surface area contributed by atoms with Crippen molar-refractivity contribution in [1.29, 1.82) is 0 Å². The van der Waals surface area contributed by atoms with Gasteiger partial charge in [-0.2, -0.15) is 0 Å². The molecule has 2 aromatic rings. The molecule has 1 aromatic heterocycles. The van der Waals surface area contributed by atoms with E-state index in [0.717, 1.165) is 5.56 Å². The number of nitrogens with one attached hydrogen (secondary N) is 1. The van der Waals surface area contributed by atoms with Crippen LogP contribution in [0.4, 0.5) is 10.5 Å². The minimum absolute atomic E-state index is 0.211. The topological polar surface area (TPSA) is 80.8 Å². The van der Waals surface area contributed by atoms with Crippen LogP contribution in [-0.4, -0.2) is 48.4 Å². The van der Waals surface area contributed by atoms with Crippen LogP contribution < -0.4 is 10.2 Å². The van der Waals surface area contributed by atoms with Crippen molar-refractivity contribution in [2.24, 2.45) is 0 Å². The van der Waals surface area contributed by atoms with Gasteiger partial charge in [0.1, 0.15) is 5.60 Å². The van der Waals surface area contributed by atoms with Crippen molar-refractivity contribution in [3.63, 3.8) is 0 Å². The molecular weight excluding hydrogens is 477 g/mol. The second-order valence-electron chi connectivity index (χ2n) is 9.79. The first kappa shape index (κ1) is 26.1. The van der Waals surface area contributed by atoms with Gasteiger partial charge in [-0.25, -0.2) is 14.6 Å². The van der Waals surface area contributed by atoms with Crippen LogP contribution in [0.25, 0.3) is 11.3 Å². The number of halogens is 2. The molecule has 1 saturated heterocycles. The summed E-state index contributed by atoms with van der Waals surface area (Å²) in [6, 6.07) is 7.24. The van der Waals surface area contributed by atoms with Crippen LogP contribution in [0.3, 0.4) is 0 Å². The van der Waals surface area contributed by atoms with Crippen molar-refractivity contribution < 1.29 is 19.1 Å². The fraction of sp³-hybridized carbons (Fsp3) is 0.480. The molecule has 9 heteroatoms. The predicted molar refractivity (Wildman–Crippen MR) is 135 cm³/mol. The van der Waals surface area contributed by atoms with E-state index in [2.05, 4.69) is 15.2 Å². The fourth-order valence-electron chi connectivity index (χ4n) is 3.96. The number of methoxy groups -OCH3 is 1. The van der Waals surface area contributed by atoms with Crippen LogP contribution in [0.2, 0.25) is 10.0 Å². The normalized spacial score (nSPS) is 15.6. The highest BCUT2D eigenvalue weighted by Gasteiger charge is 2.35. The van der Waals surface area contributed by atoms with Crippen molar-refractivity contribution in [3.8, 4) is 11.3 Å². The van der Waals surface area contributed by atoms with Crippen molar-refractivity contribution in [2.75, 3.05) is 25.1 Å². The molecule has 184 valence electrons. The summed E-state index contributed by atoms with van der Waals surface area (Å²) in [6.07, 6.45) is 0.917. The van der Waals surface area contributed by atoms with Crippen LogP contribution in [-0.2, 0) is 9.47 Å². The molecule has 3 rings (SSSR count). The Kier molecular flexibility index (Phi) is 7.68. The smallest absolute Gasteiger partial charge is 0.408 e. The standard InChI is InChI=1S/C25H31Cl2N3O4/c1-15-14-18(30-12-10-25(5,11-13-30)29-23(32)34-24(2,3)4)21(22(31)33-6)28-20(15)16-8-7-9-17(26)19(16)27/h7-9,14H,10-13H2,1-6H3,(H,29,32). The Morgan fingerprint density at radius 1 is 1.18 bits per heavy atom. The highest BCUT2D eigenvalue weighted by atomic mass is 35.5. The summed E-state index contributed by atoms with van der Waals surface area (Å²) in [6.45, 7) is 10.7. The molecule has 7 nitrogen and oxygen atoms in total. The molecule has 2 heterocycles. The van der Waals surface area contributed by atoms with E-state index in [0.29, 0.717) is 52.9 Å². The number of esters is 1. The number of ether oxygens (including phenoxy) is 2. The van der Waals surface area contributed by atoms with Crippen LogP contribution in [0.5, 0.6) is 0 Å². The van der Waals surface area contributed by atoms with E-state index in [-0.39, 0.29) is 5.69 Å². The summed E-state index contributed by atoms with van der Waals surface area (Å²) in [5.41, 5.74) is 2.00. The molecule has 0 radical (unpaired) electrons. The van der Waals surface area contributed by atoms with Crippen LogP contribution in [0.1, 0.15) is 56.6 Å². The van der Waals surface area contributed by atoms with Gasteiger partial charge in [0.25, 0.3) is 0 Å². The molecule has 0 unspecified atom stereocenters. The highest BCUT2D eigenvalue weighted by Crippen LogP contribution is 2.37. The number of anilines is 1. The number of carbonyl (C=O) groups excluding carboxylic acids is 2. The maximum Gasteiger partial charge on any atom is 0.408 e. The average Bonchev–Trinajstić information content (AvgIpc) is 2.74. The number of amides is 1. The molecule has 0 bridgehead atoms. The molecule has 1 N–H and O–H groups in total. The van der Waals surface area contributed by atoms with Gasteiger partial charge in [0.2, 0.25) is 0 Å². The summed E-state index contributed by atoms with van der Waals surface area (Å²) in [5.74, 6) is -0.533. The Morgan fingerprint density at radius 3 is 2.41 bits per heavy atom. The molecule has 0 aliphatic carbocycles. The number of pyridine rings is 1. The molecule has 0 saturated carbocycles. The zero-order valence-corrected chi connectivity index (χ0v) is 21.9. The number of hydrogen-bond acceptors (Lipinski definition) is 6. The predicted octanol–water partition coefficient (Wildman–Crippen LogP) is 6.03. The molecule has 1 aliphatic rings. The Morgan fingerprint density at radius 2 is 1.82 bits per heavy atom. The van der Waals surface area contributed by atoms with E-state index in [1.54, 1.807) is 12.1 Å². The van der Waals surface area contributed by atoms with E-state index >= 15 is 0 Å². The van der Waals surface area contributed by atoms with Crippen LogP contribution >= 0.6 is 23.2 Å². The summed E-state index contributed by atoms with van der Waals surface area (Å²) in [7, 11) is 1.33. The van der Waals surface area contributed by atoms with E-state index in [4.69, 9.17) is 32.7 Å². The van der Waals surface area contributed by atoms with Gasteiger partial charge in [0.15, 0.2) is 5.69 Å². The largest absolute Gasteiger partial charge is 0.464 e. The maximum absolute atomic E-state index is 12.7. The van der Waals surface area contributed by atoms with Crippen LogP contribution in [0.15, 0.2) is 24.3 Å². The zero-order valence-electron chi connectivity index (χ0n) is 20.4. The van der Waals surface area contributed by atoms with E-state index in [1.807, 2.05) is 46.8 Å². The first-order chi connectivity index (χ1) is 15.8. The molecule has 1 amide bonds. The van der Waals surface area contributed by atoms with E-state index in [1.165, 1.54) is 7.11 Å². The quantitative estimate of drug-likeness (QED) is 0.508. The van der Waals surface area contributed by atoms with Gasteiger partial charge < -0.3 is 19.7 Å². The Labute approximate surface area is 210 Å². The number of alkyl carbamates (subject to hydrolysis) is 1. The molecule has 34 heavy (non-hydrogen) atoms. The van der Waals surface area contributed by atoms with Gasteiger partial charge in [-0.15, -0.1) is 0 Å². The maximum atomic E-state index is 12.7. The number of nitrogens with zero attached hydrogens (tertiary/aromatic N) is 2. The minimum atomic E-state index is -0.562. The second kappa shape index (κ2) is 10.0. The van der Waals surface area contributed by atoms with E-state index in [9.17, 15) is 9.59 Å². The third-order valence-corrected chi connectivity index (χ3v) is 6.61. The number of benzene rings is 1. The molecule has 0 spiro atoms. The number of rotatable bonds is 4. The van der Waals surface area contributed by atoms with Gasteiger partial charge in [0.05, 0.1) is 28.5 Å². The fourth-order valence-corrected chi connectivity index (χ4v) is 4.35. The summed E-state index contributed by atoms with van der Waals surface area (Å²) in [4.78, 5) is 31.7. The summed E-state index contributed by atoms with van der Waals surface area (Å²) >= 11 is 12.6. The first-order valence-electron chi connectivity index (χ1n) is 11.1. The molecular formula is C25H31Cl2N3O4. The second-order valence-corrected chi connectivity index (χ2v) is 10.6. The highest BCUT2D eigenvalue weighted by molar-refractivity contribution is 6.43.